The quantitative estimate of drug-likeness (QED) is 0.396. The van der Waals surface area contributed by atoms with Crippen molar-refractivity contribution in [2.75, 3.05) is 58.0 Å². The second kappa shape index (κ2) is 14.2. The number of hydrogen-bond acceptors (Lipinski definition) is 6. The Morgan fingerprint density at radius 1 is 1.03 bits per heavy atom. The molecule has 1 N–H and O–H groups in total. The molecule has 208 valence electrons. The highest BCUT2D eigenvalue weighted by atomic mass is 16.5. The molecule has 2 amide bonds. The summed E-state index contributed by atoms with van der Waals surface area (Å²) >= 11 is 0. The number of hydrogen-bond donors (Lipinski definition) is 1. The van der Waals surface area contributed by atoms with Crippen LogP contribution in [-0.2, 0) is 9.53 Å². The molecule has 0 aromatic heterocycles. The molecule has 3 rings (SSSR count). The maximum absolute atomic E-state index is 13.7. The maximum atomic E-state index is 13.7. The Kier molecular flexibility index (Phi) is 11.0. The van der Waals surface area contributed by atoms with Crippen LogP contribution in [0.5, 0.6) is 11.5 Å². The lowest BCUT2D eigenvalue weighted by Crippen LogP contribution is -2.44. The van der Waals surface area contributed by atoms with E-state index in [1.165, 1.54) is 0 Å². The number of rotatable bonds is 13. The zero-order chi connectivity index (χ0) is 27.7. The summed E-state index contributed by atoms with van der Waals surface area (Å²) in [7, 11) is 1.58. The van der Waals surface area contributed by atoms with Crippen molar-refractivity contribution < 1.29 is 23.8 Å². The highest BCUT2D eigenvalue weighted by Crippen LogP contribution is 2.30. The van der Waals surface area contributed by atoms with Crippen LogP contribution in [0.25, 0.3) is 0 Å². The minimum atomic E-state index is -0.0507. The maximum Gasteiger partial charge on any atom is 0.254 e. The second-order valence-electron chi connectivity index (χ2n) is 10.1. The molecule has 1 aliphatic rings. The highest BCUT2D eigenvalue weighted by molar-refractivity contribution is 5.95. The van der Waals surface area contributed by atoms with E-state index >= 15 is 0 Å². The van der Waals surface area contributed by atoms with Gasteiger partial charge in [0.05, 0.1) is 13.7 Å². The third-order valence-corrected chi connectivity index (χ3v) is 7.10. The van der Waals surface area contributed by atoms with Gasteiger partial charge < -0.3 is 29.3 Å². The van der Waals surface area contributed by atoms with Crippen LogP contribution in [0.1, 0.15) is 43.6 Å². The van der Waals surface area contributed by atoms with E-state index in [0.29, 0.717) is 50.0 Å². The first kappa shape index (κ1) is 29.5. The summed E-state index contributed by atoms with van der Waals surface area (Å²) in [6.07, 6.45) is 0. The van der Waals surface area contributed by atoms with Gasteiger partial charge in [0.1, 0.15) is 6.61 Å². The van der Waals surface area contributed by atoms with E-state index in [-0.39, 0.29) is 29.7 Å². The number of methoxy groups -OCH3 is 1. The normalized spacial score (nSPS) is 16.9. The summed E-state index contributed by atoms with van der Waals surface area (Å²) in [4.78, 5) is 30.1. The molecular weight excluding hydrogens is 482 g/mol. The molecule has 8 heteroatoms. The smallest absolute Gasteiger partial charge is 0.254 e. The van der Waals surface area contributed by atoms with E-state index in [2.05, 4.69) is 5.32 Å². The van der Waals surface area contributed by atoms with Crippen LogP contribution in [0.4, 0.5) is 5.69 Å². The van der Waals surface area contributed by atoms with Gasteiger partial charge >= 0.3 is 0 Å². The van der Waals surface area contributed by atoms with Crippen molar-refractivity contribution in [3.8, 4) is 11.5 Å². The Bertz CT molecular complexity index is 1070. The van der Waals surface area contributed by atoms with Crippen LogP contribution in [0, 0.1) is 18.8 Å². The first-order valence-corrected chi connectivity index (χ1v) is 13.5. The molecule has 0 aliphatic carbocycles. The largest absolute Gasteiger partial charge is 0.493 e. The van der Waals surface area contributed by atoms with Gasteiger partial charge in [0, 0.05) is 57.0 Å². The topological polar surface area (TPSA) is 80.3 Å². The fourth-order valence-corrected chi connectivity index (χ4v) is 4.94. The Balaban J connectivity index is 1.76. The summed E-state index contributed by atoms with van der Waals surface area (Å²) in [5, 5.41) is 3.49. The fourth-order valence-electron chi connectivity index (χ4n) is 4.94. The van der Waals surface area contributed by atoms with Crippen molar-refractivity contribution >= 4 is 17.5 Å². The number of para-hydroxylation sites is 1. The van der Waals surface area contributed by atoms with Crippen molar-refractivity contribution in [2.45, 2.75) is 40.7 Å². The van der Waals surface area contributed by atoms with E-state index < -0.39 is 0 Å². The van der Waals surface area contributed by atoms with E-state index in [0.717, 1.165) is 24.3 Å². The predicted octanol–water partition coefficient (Wildman–Crippen LogP) is 4.16. The van der Waals surface area contributed by atoms with Crippen molar-refractivity contribution in [3.63, 3.8) is 0 Å². The summed E-state index contributed by atoms with van der Waals surface area (Å²) in [5.41, 5.74) is 2.57. The van der Waals surface area contributed by atoms with Gasteiger partial charge in [0.2, 0.25) is 5.91 Å². The average molecular weight is 526 g/mol. The molecule has 2 aromatic rings. The van der Waals surface area contributed by atoms with Crippen LogP contribution in [0.2, 0.25) is 0 Å². The van der Waals surface area contributed by atoms with Crippen LogP contribution in [-0.4, -0.2) is 75.9 Å². The summed E-state index contributed by atoms with van der Waals surface area (Å²) in [5.74, 6) is 1.52. The first-order valence-electron chi connectivity index (χ1n) is 13.5. The molecule has 38 heavy (non-hydrogen) atoms. The third-order valence-electron chi connectivity index (χ3n) is 7.10. The molecule has 1 heterocycles. The molecule has 8 nitrogen and oxygen atoms in total. The molecule has 1 fully saturated rings. The van der Waals surface area contributed by atoms with Gasteiger partial charge in [-0.05, 0) is 69.4 Å². The Hall–Kier alpha value is -3.10. The fraction of sp³-hybridized carbons (Fsp3) is 0.533. The number of carbonyl (C=O) groups excluding carboxylic acids is 2. The van der Waals surface area contributed by atoms with Gasteiger partial charge in [-0.3, -0.25) is 9.59 Å². The number of nitrogens with one attached hydrogen (secondary N) is 1. The molecule has 1 saturated heterocycles. The third kappa shape index (κ3) is 7.48. The van der Waals surface area contributed by atoms with E-state index in [1.807, 2.05) is 61.8 Å². The standard InChI is InChI=1S/C30H43N3O5/c1-7-37-14-15-38-29-16-24(12-13-28(29)36-6)30(35)32(21(2)3)19-25-17-31-18-26(25)20-33(23(5)34)27-11-9-8-10-22(27)4/h8-13,16,21,25-26,31H,7,14-15,17-20H2,1-6H3/t25-,26-/m0/s1. The van der Waals surface area contributed by atoms with Crippen LogP contribution in [0.3, 0.4) is 0 Å². The van der Waals surface area contributed by atoms with Gasteiger partial charge in [-0.15, -0.1) is 0 Å². The molecule has 0 bridgehead atoms. The monoisotopic (exact) mass is 525 g/mol. The number of nitrogens with zero attached hydrogens (tertiary/aromatic N) is 2. The van der Waals surface area contributed by atoms with E-state index in [4.69, 9.17) is 14.2 Å². The van der Waals surface area contributed by atoms with Gasteiger partial charge in [0.25, 0.3) is 5.91 Å². The van der Waals surface area contributed by atoms with Gasteiger partial charge in [-0.25, -0.2) is 0 Å². The van der Waals surface area contributed by atoms with Crippen molar-refractivity contribution in [3.05, 3.63) is 53.6 Å². The number of ether oxygens (including phenoxy) is 3. The van der Waals surface area contributed by atoms with Crippen LogP contribution >= 0.6 is 0 Å². The van der Waals surface area contributed by atoms with Crippen molar-refractivity contribution in [1.29, 1.82) is 0 Å². The van der Waals surface area contributed by atoms with Gasteiger partial charge in [-0.2, -0.15) is 0 Å². The SMILES string of the molecule is CCOCCOc1cc(C(=O)N(C[C@@H]2CNC[C@H]2CN(C(C)=O)c2ccccc2C)C(C)C)ccc1OC. The minimum Gasteiger partial charge on any atom is -0.493 e. The molecular formula is C30H43N3O5. The number of carbonyl (C=O) groups is 2. The highest BCUT2D eigenvalue weighted by Gasteiger charge is 2.34. The minimum absolute atomic E-state index is 0.00783. The zero-order valence-corrected chi connectivity index (χ0v) is 23.7. The van der Waals surface area contributed by atoms with Crippen LogP contribution < -0.4 is 19.7 Å². The lowest BCUT2D eigenvalue weighted by atomic mass is 9.93. The zero-order valence-electron chi connectivity index (χ0n) is 23.7. The number of anilines is 1. The Morgan fingerprint density at radius 3 is 2.37 bits per heavy atom. The first-order chi connectivity index (χ1) is 18.3. The molecule has 0 spiro atoms. The molecule has 2 atom stereocenters. The van der Waals surface area contributed by atoms with Crippen molar-refractivity contribution in [1.82, 2.24) is 10.2 Å². The van der Waals surface area contributed by atoms with E-state index in [9.17, 15) is 9.59 Å². The summed E-state index contributed by atoms with van der Waals surface area (Å²) in [6, 6.07) is 13.3. The molecule has 0 unspecified atom stereocenters. The Morgan fingerprint density at radius 2 is 1.74 bits per heavy atom. The lowest BCUT2D eigenvalue weighted by Gasteiger charge is -2.33. The number of benzene rings is 2. The summed E-state index contributed by atoms with van der Waals surface area (Å²) in [6.45, 7) is 13.9. The second-order valence-corrected chi connectivity index (χ2v) is 10.1. The molecule has 0 saturated carbocycles. The van der Waals surface area contributed by atoms with E-state index in [1.54, 1.807) is 32.2 Å². The van der Waals surface area contributed by atoms with Gasteiger partial charge in [-0.1, -0.05) is 18.2 Å². The molecule has 1 aliphatic heterocycles. The lowest BCUT2D eigenvalue weighted by molar-refractivity contribution is -0.116. The molecule has 2 aromatic carbocycles. The number of aryl methyl sites for hydroxylation is 1. The van der Waals surface area contributed by atoms with Crippen molar-refractivity contribution in [2.24, 2.45) is 11.8 Å². The van der Waals surface area contributed by atoms with Crippen LogP contribution in [0.15, 0.2) is 42.5 Å². The average Bonchev–Trinajstić information content (AvgIpc) is 3.34. The predicted molar refractivity (Wildman–Crippen MR) is 150 cm³/mol. The molecule has 0 radical (unpaired) electrons. The Labute approximate surface area is 227 Å². The van der Waals surface area contributed by atoms with Gasteiger partial charge in [0.15, 0.2) is 11.5 Å². The number of amides is 2. The summed E-state index contributed by atoms with van der Waals surface area (Å²) < 4.78 is 16.7.